The molecule has 124 valence electrons. The number of hydroxylamine groups is 2. The van der Waals surface area contributed by atoms with Crippen LogP contribution in [-0.2, 0) is 14.3 Å². The van der Waals surface area contributed by atoms with Gasteiger partial charge in [-0.05, 0) is 11.8 Å². The first kappa shape index (κ1) is 19.9. The molecular weight excluding hydrogens is 272 g/mol. The van der Waals surface area contributed by atoms with Crippen molar-refractivity contribution in [1.29, 1.82) is 0 Å². The van der Waals surface area contributed by atoms with Crippen molar-refractivity contribution in [3.63, 3.8) is 0 Å². The van der Waals surface area contributed by atoms with Crippen LogP contribution < -0.4 is 5.32 Å². The van der Waals surface area contributed by atoms with Crippen LogP contribution in [0.5, 0.6) is 0 Å². The number of nitrogens with one attached hydrogen (secondary N) is 1. The van der Waals surface area contributed by atoms with E-state index in [2.05, 4.69) is 5.32 Å². The molecule has 0 saturated heterocycles. The maximum absolute atomic E-state index is 12.4. The molecule has 0 aliphatic carbocycles. The first-order chi connectivity index (χ1) is 9.76. The Morgan fingerprint density at radius 1 is 1.43 bits per heavy atom. The summed E-state index contributed by atoms with van der Waals surface area (Å²) in [5.41, 5.74) is -0.134. The number of carbonyl (C=O) groups is 2. The second kappa shape index (κ2) is 9.73. The van der Waals surface area contributed by atoms with Gasteiger partial charge in [0.15, 0.2) is 0 Å². The Morgan fingerprint density at radius 2 is 2.05 bits per heavy atom. The molecule has 2 atom stereocenters. The molecular formula is C15H30N2O4. The standard InChI is InChI=1S/C15H30N2O4/c1-6-7-8-12(9-17(20)11-18)14(19)16-13(10-21-5)15(2,3)4/h11-13,20H,6-10H2,1-5H3,(H,16,19). The molecule has 0 aliphatic heterocycles. The number of hydrogen-bond acceptors (Lipinski definition) is 4. The molecule has 2 amide bonds. The van der Waals surface area contributed by atoms with Gasteiger partial charge in [0.25, 0.3) is 0 Å². The van der Waals surface area contributed by atoms with E-state index >= 15 is 0 Å². The van der Waals surface area contributed by atoms with E-state index in [1.807, 2.05) is 27.7 Å². The van der Waals surface area contributed by atoms with Gasteiger partial charge in [-0.1, -0.05) is 40.5 Å². The number of hydrogen-bond donors (Lipinski definition) is 2. The van der Waals surface area contributed by atoms with Crippen LogP contribution in [0.25, 0.3) is 0 Å². The quantitative estimate of drug-likeness (QED) is 0.366. The molecule has 0 radical (unpaired) electrons. The Hall–Kier alpha value is -1.14. The highest BCUT2D eigenvalue weighted by Crippen LogP contribution is 2.20. The number of carbonyl (C=O) groups excluding carboxylic acids is 2. The van der Waals surface area contributed by atoms with E-state index in [1.54, 1.807) is 7.11 Å². The minimum absolute atomic E-state index is 0.0131. The molecule has 0 fully saturated rings. The fraction of sp³-hybridized carbons (Fsp3) is 0.867. The van der Waals surface area contributed by atoms with E-state index in [9.17, 15) is 14.8 Å². The van der Waals surface area contributed by atoms with Crippen molar-refractivity contribution in [2.24, 2.45) is 11.3 Å². The summed E-state index contributed by atoms with van der Waals surface area (Å²) in [6.45, 7) is 8.56. The van der Waals surface area contributed by atoms with Gasteiger partial charge in [0.05, 0.1) is 25.1 Å². The number of amides is 2. The zero-order chi connectivity index (χ0) is 16.5. The summed E-state index contributed by atoms with van der Waals surface area (Å²) in [6.07, 6.45) is 2.78. The molecule has 0 saturated carbocycles. The van der Waals surface area contributed by atoms with Gasteiger partial charge in [-0.25, -0.2) is 5.06 Å². The third-order valence-electron chi connectivity index (χ3n) is 3.50. The molecule has 6 heteroatoms. The third kappa shape index (κ3) is 8.02. The van der Waals surface area contributed by atoms with Gasteiger partial charge in [-0.3, -0.25) is 14.8 Å². The molecule has 0 aromatic heterocycles. The summed E-state index contributed by atoms with van der Waals surface area (Å²) < 4.78 is 5.16. The Kier molecular flexibility index (Phi) is 9.21. The van der Waals surface area contributed by atoms with Gasteiger partial charge in [0.1, 0.15) is 0 Å². The first-order valence-corrected chi connectivity index (χ1v) is 7.46. The van der Waals surface area contributed by atoms with Crippen molar-refractivity contribution in [3.8, 4) is 0 Å². The van der Waals surface area contributed by atoms with Crippen LogP contribution in [-0.4, -0.2) is 48.9 Å². The van der Waals surface area contributed by atoms with Crippen LogP contribution in [0.2, 0.25) is 0 Å². The van der Waals surface area contributed by atoms with Crippen molar-refractivity contribution in [2.45, 2.75) is 53.0 Å². The van der Waals surface area contributed by atoms with Gasteiger partial charge in [0.2, 0.25) is 12.3 Å². The second-order valence-electron chi connectivity index (χ2n) is 6.45. The van der Waals surface area contributed by atoms with Gasteiger partial charge in [-0.2, -0.15) is 0 Å². The van der Waals surface area contributed by atoms with Crippen molar-refractivity contribution >= 4 is 12.3 Å². The molecule has 0 bridgehead atoms. The molecule has 0 aromatic rings. The molecule has 2 unspecified atom stereocenters. The number of unbranched alkanes of at least 4 members (excludes halogenated alkanes) is 1. The molecule has 2 N–H and O–H groups in total. The van der Waals surface area contributed by atoms with Crippen molar-refractivity contribution in [2.75, 3.05) is 20.3 Å². The van der Waals surface area contributed by atoms with Crippen LogP contribution in [0.4, 0.5) is 0 Å². The van der Waals surface area contributed by atoms with Crippen LogP contribution in [0, 0.1) is 11.3 Å². The predicted octanol–water partition coefficient (Wildman–Crippen LogP) is 1.82. The van der Waals surface area contributed by atoms with Crippen molar-refractivity contribution in [1.82, 2.24) is 10.4 Å². The third-order valence-corrected chi connectivity index (χ3v) is 3.50. The topological polar surface area (TPSA) is 78.9 Å². The summed E-state index contributed by atoms with van der Waals surface area (Å²) >= 11 is 0. The number of nitrogens with zero attached hydrogens (tertiary/aromatic N) is 1. The molecule has 21 heavy (non-hydrogen) atoms. The molecule has 0 spiro atoms. The zero-order valence-corrected chi connectivity index (χ0v) is 13.9. The predicted molar refractivity (Wildman–Crippen MR) is 80.8 cm³/mol. The summed E-state index contributed by atoms with van der Waals surface area (Å²) in [7, 11) is 1.60. The van der Waals surface area contributed by atoms with Crippen molar-refractivity contribution < 1.29 is 19.5 Å². The highest BCUT2D eigenvalue weighted by atomic mass is 16.5. The molecule has 0 heterocycles. The smallest absolute Gasteiger partial charge is 0.233 e. The summed E-state index contributed by atoms with van der Waals surface area (Å²) in [5.74, 6) is -0.566. The Morgan fingerprint density at radius 3 is 2.48 bits per heavy atom. The van der Waals surface area contributed by atoms with E-state index in [0.717, 1.165) is 12.8 Å². The molecule has 0 aromatic carbocycles. The van der Waals surface area contributed by atoms with Gasteiger partial charge < -0.3 is 10.1 Å². The van der Waals surface area contributed by atoms with E-state index in [4.69, 9.17) is 4.74 Å². The zero-order valence-electron chi connectivity index (χ0n) is 13.9. The van der Waals surface area contributed by atoms with E-state index in [-0.39, 0.29) is 23.9 Å². The van der Waals surface area contributed by atoms with Crippen LogP contribution in [0.15, 0.2) is 0 Å². The van der Waals surface area contributed by atoms with Gasteiger partial charge in [0, 0.05) is 7.11 Å². The van der Waals surface area contributed by atoms with Gasteiger partial charge >= 0.3 is 0 Å². The summed E-state index contributed by atoms with van der Waals surface area (Å²) in [4.78, 5) is 23.0. The molecule has 6 nitrogen and oxygen atoms in total. The average molecular weight is 302 g/mol. The minimum atomic E-state index is -0.415. The lowest BCUT2D eigenvalue weighted by Gasteiger charge is -2.32. The lowest BCUT2D eigenvalue weighted by molar-refractivity contribution is -0.155. The van der Waals surface area contributed by atoms with Crippen LogP contribution >= 0.6 is 0 Å². The summed E-state index contributed by atoms with van der Waals surface area (Å²) in [5, 5.41) is 12.8. The van der Waals surface area contributed by atoms with Crippen LogP contribution in [0.3, 0.4) is 0 Å². The number of rotatable bonds is 10. The minimum Gasteiger partial charge on any atom is -0.383 e. The molecule has 0 rings (SSSR count). The Balaban J connectivity index is 4.79. The molecule has 0 aliphatic rings. The van der Waals surface area contributed by atoms with Gasteiger partial charge in [-0.15, -0.1) is 0 Å². The number of methoxy groups -OCH3 is 1. The largest absolute Gasteiger partial charge is 0.383 e. The monoisotopic (exact) mass is 302 g/mol. The maximum Gasteiger partial charge on any atom is 0.233 e. The normalized spacial score (nSPS) is 14.4. The summed E-state index contributed by atoms with van der Waals surface area (Å²) in [6, 6.07) is -0.123. The number of ether oxygens (including phenoxy) is 1. The fourth-order valence-electron chi connectivity index (χ4n) is 1.99. The lowest BCUT2D eigenvalue weighted by atomic mass is 9.86. The lowest BCUT2D eigenvalue weighted by Crippen LogP contribution is -2.50. The second-order valence-corrected chi connectivity index (χ2v) is 6.45. The highest BCUT2D eigenvalue weighted by Gasteiger charge is 2.29. The highest BCUT2D eigenvalue weighted by molar-refractivity contribution is 5.79. The maximum atomic E-state index is 12.4. The SMILES string of the molecule is CCCCC(CN(O)C=O)C(=O)NC(COC)C(C)(C)C. The van der Waals surface area contributed by atoms with E-state index in [1.165, 1.54) is 0 Å². The fourth-order valence-corrected chi connectivity index (χ4v) is 1.99. The van der Waals surface area contributed by atoms with Crippen LogP contribution in [0.1, 0.15) is 47.0 Å². The average Bonchev–Trinajstić information content (AvgIpc) is 2.41. The Bertz CT molecular complexity index is 315. The van der Waals surface area contributed by atoms with E-state index in [0.29, 0.717) is 24.5 Å². The first-order valence-electron chi connectivity index (χ1n) is 7.46. The Labute approximate surface area is 127 Å². The van der Waals surface area contributed by atoms with E-state index < -0.39 is 5.92 Å². The van der Waals surface area contributed by atoms with Crippen molar-refractivity contribution in [3.05, 3.63) is 0 Å².